The molecule has 2 N–H and O–H groups in total. The van der Waals surface area contributed by atoms with E-state index in [-0.39, 0.29) is 5.82 Å². The second-order valence-electron chi connectivity index (χ2n) is 4.48. The summed E-state index contributed by atoms with van der Waals surface area (Å²) in [6.45, 7) is 5.90. The first-order chi connectivity index (χ1) is 8.41. The molecule has 0 fully saturated rings. The van der Waals surface area contributed by atoms with E-state index in [1.807, 2.05) is 20.8 Å². The van der Waals surface area contributed by atoms with Crippen LogP contribution in [0.5, 0.6) is 0 Å². The van der Waals surface area contributed by atoms with Crippen LogP contribution in [0.25, 0.3) is 0 Å². The van der Waals surface area contributed by atoms with E-state index in [4.69, 9.17) is 0 Å². The molecule has 2 nitrogen and oxygen atoms in total. The molecule has 4 heteroatoms. The molecular weight excluding hydrogens is 297 g/mol. The smallest absolute Gasteiger partial charge is 0.123 e. The molecule has 0 amide bonds. The van der Waals surface area contributed by atoms with Gasteiger partial charge in [0.05, 0.1) is 5.69 Å². The van der Waals surface area contributed by atoms with E-state index in [9.17, 15) is 9.50 Å². The highest BCUT2D eigenvalue weighted by Gasteiger charge is 2.20. The molecule has 0 saturated carbocycles. The molecule has 1 aromatic heterocycles. The molecule has 1 heterocycles. The van der Waals surface area contributed by atoms with Crippen molar-refractivity contribution in [1.29, 1.82) is 0 Å². The number of aryl methyl sites for hydroxylation is 1. The largest absolute Gasteiger partial charge is 0.382 e. The summed E-state index contributed by atoms with van der Waals surface area (Å²) in [5.41, 5.74) is 4.40. The average molecular weight is 312 g/mol. The predicted molar refractivity (Wildman–Crippen MR) is 73.2 cm³/mol. The molecule has 96 valence electrons. The SMILES string of the molecule is Cc1[nH]c(C(O)c2cc(F)ccc2Br)c(C)c1C. The molecule has 18 heavy (non-hydrogen) atoms. The minimum absolute atomic E-state index is 0.357. The Morgan fingerprint density at radius 3 is 2.44 bits per heavy atom. The lowest BCUT2D eigenvalue weighted by Crippen LogP contribution is -2.03. The van der Waals surface area contributed by atoms with E-state index in [0.717, 1.165) is 22.5 Å². The first-order valence-electron chi connectivity index (χ1n) is 5.70. The number of halogens is 2. The quantitative estimate of drug-likeness (QED) is 0.866. The number of aliphatic hydroxyl groups is 1. The maximum Gasteiger partial charge on any atom is 0.123 e. The highest BCUT2D eigenvalue weighted by molar-refractivity contribution is 9.10. The summed E-state index contributed by atoms with van der Waals surface area (Å²) in [6.07, 6.45) is -0.859. The van der Waals surface area contributed by atoms with Gasteiger partial charge in [-0.15, -0.1) is 0 Å². The van der Waals surface area contributed by atoms with Crippen LogP contribution in [0.4, 0.5) is 4.39 Å². The monoisotopic (exact) mass is 311 g/mol. The van der Waals surface area contributed by atoms with Gasteiger partial charge < -0.3 is 10.1 Å². The topological polar surface area (TPSA) is 36.0 Å². The third-order valence-electron chi connectivity index (χ3n) is 3.38. The fourth-order valence-electron chi connectivity index (χ4n) is 2.03. The Hall–Kier alpha value is -1.13. The summed E-state index contributed by atoms with van der Waals surface area (Å²) < 4.78 is 14.0. The molecule has 1 aromatic carbocycles. The zero-order valence-corrected chi connectivity index (χ0v) is 12.1. The van der Waals surface area contributed by atoms with Crippen molar-refractivity contribution in [2.45, 2.75) is 26.9 Å². The fraction of sp³-hybridized carbons (Fsp3) is 0.286. The molecule has 0 aliphatic carbocycles. The van der Waals surface area contributed by atoms with Gasteiger partial charge in [0.1, 0.15) is 11.9 Å². The Labute approximate surface area is 114 Å². The highest BCUT2D eigenvalue weighted by atomic mass is 79.9. The minimum atomic E-state index is -0.859. The average Bonchev–Trinajstić information content (AvgIpc) is 2.59. The van der Waals surface area contributed by atoms with Crippen LogP contribution < -0.4 is 0 Å². The first kappa shape index (κ1) is 13.3. The number of nitrogens with one attached hydrogen (secondary N) is 1. The molecule has 0 spiro atoms. The molecule has 2 aromatic rings. The van der Waals surface area contributed by atoms with Gasteiger partial charge in [0.2, 0.25) is 0 Å². The number of hydrogen-bond donors (Lipinski definition) is 2. The Morgan fingerprint density at radius 1 is 1.22 bits per heavy atom. The van der Waals surface area contributed by atoms with Crippen molar-refractivity contribution in [3.63, 3.8) is 0 Å². The van der Waals surface area contributed by atoms with Gasteiger partial charge >= 0.3 is 0 Å². The van der Waals surface area contributed by atoms with Crippen LogP contribution in [0, 0.1) is 26.6 Å². The third-order valence-corrected chi connectivity index (χ3v) is 4.10. The fourth-order valence-corrected chi connectivity index (χ4v) is 2.49. The van der Waals surface area contributed by atoms with Crippen LogP contribution in [0.2, 0.25) is 0 Å². The number of aromatic amines is 1. The summed E-state index contributed by atoms with van der Waals surface area (Å²) in [7, 11) is 0. The lowest BCUT2D eigenvalue weighted by atomic mass is 10.0. The Morgan fingerprint density at radius 2 is 1.89 bits per heavy atom. The van der Waals surface area contributed by atoms with Crippen molar-refractivity contribution in [3.05, 3.63) is 56.6 Å². The van der Waals surface area contributed by atoms with E-state index in [2.05, 4.69) is 20.9 Å². The van der Waals surface area contributed by atoms with Gasteiger partial charge in [-0.2, -0.15) is 0 Å². The van der Waals surface area contributed by atoms with Crippen LogP contribution in [-0.4, -0.2) is 10.1 Å². The van der Waals surface area contributed by atoms with Crippen molar-refractivity contribution in [3.8, 4) is 0 Å². The Kier molecular flexibility index (Phi) is 3.59. The number of hydrogen-bond acceptors (Lipinski definition) is 1. The van der Waals surface area contributed by atoms with Crippen molar-refractivity contribution in [1.82, 2.24) is 4.98 Å². The lowest BCUT2D eigenvalue weighted by Gasteiger charge is -2.13. The van der Waals surface area contributed by atoms with Crippen molar-refractivity contribution >= 4 is 15.9 Å². The first-order valence-corrected chi connectivity index (χ1v) is 6.49. The second kappa shape index (κ2) is 4.86. The van der Waals surface area contributed by atoms with Gasteiger partial charge in [-0.05, 0) is 50.1 Å². The second-order valence-corrected chi connectivity index (χ2v) is 5.34. The number of aromatic nitrogens is 1. The number of benzene rings is 1. The van der Waals surface area contributed by atoms with Crippen LogP contribution in [0.3, 0.4) is 0 Å². The van der Waals surface area contributed by atoms with E-state index >= 15 is 0 Å². The third kappa shape index (κ3) is 2.22. The molecular formula is C14H15BrFNO. The van der Waals surface area contributed by atoms with E-state index in [1.165, 1.54) is 12.1 Å². The number of H-pyrrole nitrogens is 1. The molecule has 1 atom stereocenters. The summed E-state index contributed by atoms with van der Waals surface area (Å²) in [6, 6.07) is 4.31. The van der Waals surface area contributed by atoms with Crippen molar-refractivity contribution < 1.29 is 9.50 Å². The van der Waals surface area contributed by atoms with Gasteiger partial charge in [0, 0.05) is 15.7 Å². The van der Waals surface area contributed by atoms with E-state index < -0.39 is 6.10 Å². The maximum atomic E-state index is 13.3. The normalized spacial score (nSPS) is 12.8. The van der Waals surface area contributed by atoms with E-state index in [1.54, 1.807) is 6.07 Å². The maximum absolute atomic E-state index is 13.3. The molecule has 0 bridgehead atoms. The van der Waals surface area contributed by atoms with Gasteiger partial charge in [0.15, 0.2) is 0 Å². The van der Waals surface area contributed by atoms with Gasteiger partial charge in [-0.1, -0.05) is 15.9 Å². The summed E-state index contributed by atoms with van der Waals surface area (Å²) in [5, 5.41) is 10.4. The molecule has 0 aliphatic rings. The van der Waals surface area contributed by atoms with Crippen LogP contribution in [0.15, 0.2) is 22.7 Å². The van der Waals surface area contributed by atoms with Crippen LogP contribution in [0.1, 0.15) is 34.2 Å². The Bertz CT molecular complexity index is 592. The summed E-state index contributed by atoms with van der Waals surface area (Å²) in [4.78, 5) is 3.16. The summed E-state index contributed by atoms with van der Waals surface area (Å²) >= 11 is 3.34. The molecule has 2 rings (SSSR count). The highest BCUT2D eigenvalue weighted by Crippen LogP contribution is 2.32. The molecule has 0 saturated heterocycles. The molecule has 1 unspecified atom stereocenters. The van der Waals surface area contributed by atoms with Gasteiger partial charge in [-0.25, -0.2) is 4.39 Å². The van der Waals surface area contributed by atoms with Gasteiger partial charge in [-0.3, -0.25) is 0 Å². The van der Waals surface area contributed by atoms with E-state index in [0.29, 0.717) is 10.0 Å². The van der Waals surface area contributed by atoms with Crippen molar-refractivity contribution in [2.75, 3.05) is 0 Å². The lowest BCUT2D eigenvalue weighted by molar-refractivity contribution is 0.214. The zero-order chi connectivity index (χ0) is 13.4. The minimum Gasteiger partial charge on any atom is -0.382 e. The van der Waals surface area contributed by atoms with Crippen LogP contribution in [-0.2, 0) is 0 Å². The predicted octanol–water partition coefficient (Wildman–Crippen LogP) is 3.92. The number of aliphatic hydroxyl groups excluding tert-OH is 1. The van der Waals surface area contributed by atoms with Gasteiger partial charge in [0.25, 0.3) is 0 Å². The van der Waals surface area contributed by atoms with Crippen molar-refractivity contribution in [2.24, 2.45) is 0 Å². The molecule has 0 aliphatic heterocycles. The standard InChI is InChI=1S/C14H15BrFNO/c1-7-8(2)13(17-9(7)3)14(18)11-6-10(16)4-5-12(11)15/h4-6,14,17-18H,1-3H3. The Balaban J connectivity index is 2.50. The van der Waals surface area contributed by atoms with Crippen LogP contribution >= 0.6 is 15.9 Å². The number of rotatable bonds is 2. The zero-order valence-electron chi connectivity index (χ0n) is 10.5. The summed E-state index contributed by atoms with van der Waals surface area (Å²) in [5.74, 6) is -0.357. The molecule has 0 radical (unpaired) electrons.